The van der Waals surface area contributed by atoms with Crippen LogP contribution in [0, 0.1) is 0 Å². The number of benzene rings is 2. The first-order chi connectivity index (χ1) is 16.1. The highest BCUT2D eigenvalue weighted by Crippen LogP contribution is 2.52. The summed E-state index contributed by atoms with van der Waals surface area (Å²) in [5.41, 5.74) is 2.54. The molecule has 1 N–H and O–H groups in total. The molecule has 4 rings (SSSR count). The molecule has 1 aliphatic heterocycles. The van der Waals surface area contributed by atoms with E-state index in [1.54, 1.807) is 32.4 Å². The number of nitrogens with zero attached hydrogens (tertiary/aromatic N) is 1. The van der Waals surface area contributed by atoms with Gasteiger partial charge < -0.3 is 19.7 Å². The number of fused-ring (bicyclic) bond motifs is 2. The topological polar surface area (TPSA) is 67.9 Å². The lowest BCUT2D eigenvalue weighted by Crippen LogP contribution is -2.51. The van der Waals surface area contributed by atoms with E-state index in [1.807, 2.05) is 29.2 Å². The molecule has 2 aromatic carbocycles. The maximum absolute atomic E-state index is 13.3. The normalized spacial score (nSPS) is 20.8. The number of methoxy groups -OCH3 is 2. The highest BCUT2D eigenvalue weighted by molar-refractivity contribution is 5.97. The van der Waals surface area contributed by atoms with Crippen molar-refractivity contribution in [3.63, 3.8) is 0 Å². The summed E-state index contributed by atoms with van der Waals surface area (Å²) < 4.78 is 11.5. The third-order valence-corrected chi connectivity index (χ3v) is 7.14. The molecular formula is C27H32N2O4. The van der Waals surface area contributed by atoms with Crippen molar-refractivity contribution in [1.82, 2.24) is 10.2 Å². The number of carbonyl (C=O) groups is 2. The van der Waals surface area contributed by atoms with E-state index in [9.17, 15) is 9.59 Å². The number of para-hydroxylation sites is 1. The number of carbonyl (C=O) groups excluding carboxylic acids is 2. The van der Waals surface area contributed by atoms with Crippen LogP contribution in [0.15, 0.2) is 61.2 Å². The van der Waals surface area contributed by atoms with Gasteiger partial charge in [-0.25, -0.2) is 0 Å². The van der Waals surface area contributed by atoms with Crippen LogP contribution in [0.3, 0.4) is 0 Å². The minimum absolute atomic E-state index is 0.172. The highest BCUT2D eigenvalue weighted by atomic mass is 16.5. The van der Waals surface area contributed by atoms with Crippen molar-refractivity contribution in [3.8, 4) is 5.75 Å². The van der Waals surface area contributed by atoms with Crippen molar-refractivity contribution < 1.29 is 19.1 Å². The van der Waals surface area contributed by atoms with Crippen molar-refractivity contribution in [2.75, 3.05) is 27.3 Å². The second-order valence-electron chi connectivity index (χ2n) is 8.76. The van der Waals surface area contributed by atoms with Crippen LogP contribution in [0.25, 0.3) is 0 Å². The molecule has 2 aromatic rings. The smallest absolute Gasteiger partial charge is 0.255 e. The number of ether oxygens (including phenoxy) is 2. The lowest BCUT2D eigenvalue weighted by atomic mass is 9.71. The zero-order valence-corrected chi connectivity index (χ0v) is 19.4. The fraction of sp³-hybridized carbons (Fsp3) is 0.407. The van der Waals surface area contributed by atoms with E-state index in [-0.39, 0.29) is 29.4 Å². The number of hydrogen-bond acceptors (Lipinski definition) is 4. The molecule has 0 unspecified atom stereocenters. The number of rotatable bonds is 7. The van der Waals surface area contributed by atoms with E-state index in [4.69, 9.17) is 9.47 Å². The first-order valence-electron chi connectivity index (χ1n) is 11.5. The fourth-order valence-electron chi connectivity index (χ4n) is 5.52. The molecule has 2 aliphatic rings. The first-order valence-corrected chi connectivity index (χ1v) is 11.5. The maximum Gasteiger partial charge on any atom is 0.255 e. The van der Waals surface area contributed by atoms with Crippen LogP contribution >= 0.6 is 0 Å². The van der Waals surface area contributed by atoms with Crippen molar-refractivity contribution in [1.29, 1.82) is 0 Å². The van der Waals surface area contributed by atoms with E-state index in [0.717, 1.165) is 18.4 Å². The average Bonchev–Trinajstić information content (AvgIpc) is 3.11. The van der Waals surface area contributed by atoms with Crippen LogP contribution in [-0.4, -0.2) is 50.1 Å². The van der Waals surface area contributed by atoms with Gasteiger partial charge in [0.15, 0.2) is 0 Å². The van der Waals surface area contributed by atoms with E-state index in [0.29, 0.717) is 37.2 Å². The average molecular weight is 449 g/mol. The molecule has 2 amide bonds. The van der Waals surface area contributed by atoms with Crippen molar-refractivity contribution in [2.45, 2.75) is 43.2 Å². The number of hydrogen-bond donors (Lipinski definition) is 1. The zero-order valence-electron chi connectivity index (χ0n) is 19.4. The monoisotopic (exact) mass is 448 g/mol. The van der Waals surface area contributed by atoms with E-state index in [1.165, 1.54) is 5.56 Å². The second-order valence-corrected chi connectivity index (χ2v) is 8.76. The molecule has 6 nitrogen and oxygen atoms in total. The molecule has 0 saturated carbocycles. The largest absolute Gasteiger partial charge is 0.496 e. The fourth-order valence-corrected chi connectivity index (χ4v) is 5.52. The first kappa shape index (κ1) is 23.1. The highest BCUT2D eigenvalue weighted by Gasteiger charge is 2.54. The minimum Gasteiger partial charge on any atom is -0.496 e. The predicted molar refractivity (Wildman–Crippen MR) is 127 cm³/mol. The minimum atomic E-state index is -0.286. The third-order valence-electron chi connectivity index (χ3n) is 7.14. The Hall–Kier alpha value is -3.12. The van der Waals surface area contributed by atoms with Gasteiger partial charge in [0.25, 0.3) is 5.91 Å². The van der Waals surface area contributed by atoms with Gasteiger partial charge in [0, 0.05) is 32.0 Å². The molecular weight excluding hydrogens is 416 g/mol. The Morgan fingerprint density at radius 1 is 1.12 bits per heavy atom. The molecule has 174 valence electrons. The predicted octanol–water partition coefficient (Wildman–Crippen LogP) is 4.02. The molecule has 1 fully saturated rings. The molecule has 0 bridgehead atoms. The molecule has 6 heteroatoms. The summed E-state index contributed by atoms with van der Waals surface area (Å²) in [5, 5.41) is 3.23. The van der Waals surface area contributed by atoms with Crippen LogP contribution in [0.1, 0.15) is 53.2 Å². The Labute approximate surface area is 195 Å². The lowest BCUT2D eigenvalue weighted by molar-refractivity contribution is -0.133. The molecule has 33 heavy (non-hydrogen) atoms. The summed E-state index contributed by atoms with van der Waals surface area (Å²) in [5.74, 6) is 0.519. The SMILES string of the molecule is C=CCCC(=O)N1CCC2(CC1)c1ccccc1[C@@H](NC(=O)c1ccccc1OC)[C@@H]2OC. The Balaban J connectivity index is 1.60. The van der Waals surface area contributed by atoms with Crippen molar-refractivity contribution in [2.24, 2.45) is 0 Å². The van der Waals surface area contributed by atoms with Crippen molar-refractivity contribution >= 4 is 11.8 Å². The van der Waals surface area contributed by atoms with Crippen LogP contribution in [-0.2, 0) is 14.9 Å². The maximum atomic E-state index is 13.3. The van der Waals surface area contributed by atoms with Crippen LogP contribution in [0.5, 0.6) is 5.75 Å². The summed E-state index contributed by atoms with van der Waals surface area (Å²) in [6.45, 7) is 5.07. The summed E-state index contributed by atoms with van der Waals surface area (Å²) >= 11 is 0. The van der Waals surface area contributed by atoms with E-state index < -0.39 is 0 Å². The van der Waals surface area contributed by atoms with Crippen LogP contribution in [0.4, 0.5) is 0 Å². The van der Waals surface area contributed by atoms with E-state index in [2.05, 4.69) is 24.0 Å². The number of allylic oxidation sites excluding steroid dienone is 1. The zero-order chi connectivity index (χ0) is 23.4. The summed E-state index contributed by atoms with van der Waals surface area (Å²) in [7, 11) is 3.27. The van der Waals surface area contributed by atoms with Gasteiger partial charge in [-0.05, 0) is 42.5 Å². The van der Waals surface area contributed by atoms with Gasteiger partial charge in [-0.1, -0.05) is 42.5 Å². The summed E-state index contributed by atoms with van der Waals surface area (Å²) in [6.07, 6.45) is 4.35. The van der Waals surface area contributed by atoms with Gasteiger partial charge in [-0.3, -0.25) is 9.59 Å². The molecule has 1 heterocycles. The Kier molecular flexibility index (Phi) is 6.84. The second kappa shape index (κ2) is 9.79. The van der Waals surface area contributed by atoms with Gasteiger partial charge in [0.05, 0.1) is 24.8 Å². The van der Waals surface area contributed by atoms with Crippen molar-refractivity contribution in [3.05, 3.63) is 77.9 Å². The Bertz CT molecular complexity index is 1030. The van der Waals surface area contributed by atoms with Gasteiger partial charge >= 0.3 is 0 Å². The summed E-state index contributed by atoms with van der Waals surface area (Å²) in [4.78, 5) is 27.8. The molecule has 1 saturated heterocycles. The standard InChI is InChI=1S/C27H32N2O4/c1-4-5-14-23(30)29-17-15-27(16-18-29)21-12-8-6-10-19(21)24(25(27)33-3)28-26(31)20-11-7-9-13-22(20)32-2/h4,6-13,24-25H,1,5,14-18H2,2-3H3,(H,28,31)/t24-,25+/m1/s1. The van der Waals surface area contributed by atoms with E-state index >= 15 is 0 Å². The Morgan fingerprint density at radius 3 is 2.52 bits per heavy atom. The van der Waals surface area contributed by atoms with Gasteiger partial charge in [0.2, 0.25) is 5.91 Å². The molecule has 1 aliphatic carbocycles. The van der Waals surface area contributed by atoms with Gasteiger partial charge in [0.1, 0.15) is 5.75 Å². The van der Waals surface area contributed by atoms with Crippen LogP contribution in [0.2, 0.25) is 0 Å². The number of piperidine rings is 1. The number of nitrogens with one attached hydrogen (secondary N) is 1. The summed E-state index contributed by atoms with van der Waals surface area (Å²) in [6, 6.07) is 15.2. The molecule has 1 spiro atoms. The number of likely N-dealkylation sites (tertiary alicyclic amines) is 1. The molecule has 2 atom stereocenters. The quantitative estimate of drug-likeness (QED) is 0.650. The third kappa shape index (κ3) is 4.15. The molecule has 0 radical (unpaired) electrons. The number of amides is 2. The Morgan fingerprint density at radius 2 is 1.82 bits per heavy atom. The van der Waals surface area contributed by atoms with Gasteiger partial charge in [-0.2, -0.15) is 0 Å². The van der Waals surface area contributed by atoms with Gasteiger partial charge in [-0.15, -0.1) is 6.58 Å². The lowest BCUT2D eigenvalue weighted by Gasteiger charge is -2.44. The van der Waals surface area contributed by atoms with Crippen LogP contribution < -0.4 is 10.1 Å². The molecule has 0 aromatic heterocycles.